The van der Waals surface area contributed by atoms with Crippen molar-refractivity contribution in [2.75, 3.05) is 18.4 Å². The van der Waals surface area contributed by atoms with Crippen molar-refractivity contribution in [1.29, 1.82) is 0 Å². The van der Waals surface area contributed by atoms with E-state index in [9.17, 15) is 0 Å². The van der Waals surface area contributed by atoms with Crippen LogP contribution in [0.25, 0.3) is 0 Å². The van der Waals surface area contributed by atoms with Crippen molar-refractivity contribution in [3.63, 3.8) is 0 Å². The molecule has 2 heteroatoms. The molecule has 0 saturated carbocycles. The maximum Gasteiger partial charge on any atom is 0.0391 e. The maximum absolute atomic E-state index is 3.62. The van der Waals surface area contributed by atoms with Gasteiger partial charge in [0, 0.05) is 18.3 Å². The van der Waals surface area contributed by atoms with E-state index in [0.717, 1.165) is 6.54 Å². The third-order valence-corrected chi connectivity index (χ3v) is 4.07. The molecule has 0 spiro atoms. The van der Waals surface area contributed by atoms with Gasteiger partial charge in [-0.05, 0) is 68.3 Å². The lowest BCUT2D eigenvalue weighted by atomic mass is 9.97. The SMILES string of the molecule is CCNc1cc2c(cc1[C@@H]1CCCN1)CCC2. The number of benzene rings is 1. The zero-order chi connectivity index (χ0) is 11.7. The quantitative estimate of drug-likeness (QED) is 0.834. The molecule has 2 nitrogen and oxygen atoms in total. The third-order valence-electron chi connectivity index (χ3n) is 4.07. The van der Waals surface area contributed by atoms with Crippen molar-refractivity contribution in [2.45, 2.75) is 45.1 Å². The lowest BCUT2D eigenvalue weighted by Crippen LogP contribution is -2.15. The standard InChI is InChI=1S/C15H22N2/c1-2-16-15-10-12-6-3-5-11(12)9-13(15)14-7-4-8-17-14/h9-10,14,16-17H,2-8H2,1H3/t14-/m0/s1. The molecule has 1 aromatic rings. The Labute approximate surface area is 104 Å². The van der Waals surface area contributed by atoms with Gasteiger partial charge in [0.1, 0.15) is 0 Å². The van der Waals surface area contributed by atoms with Crippen molar-refractivity contribution in [3.8, 4) is 0 Å². The second kappa shape index (κ2) is 4.69. The Hall–Kier alpha value is -1.02. The molecule has 92 valence electrons. The number of fused-ring (bicyclic) bond motifs is 1. The van der Waals surface area contributed by atoms with Gasteiger partial charge in [-0.1, -0.05) is 6.07 Å². The molecule has 1 aliphatic heterocycles. The average Bonchev–Trinajstić information content (AvgIpc) is 2.98. The molecule has 1 heterocycles. The summed E-state index contributed by atoms with van der Waals surface area (Å²) in [7, 11) is 0. The molecule has 1 aromatic carbocycles. The topological polar surface area (TPSA) is 24.1 Å². The number of hydrogen-bond acceptors (Lipinski definition) is 2. The van der Waals surface area contributed by atoms with Crippen LogP contribution in [0.2, 0.25) is 0 Å². The highest BCUT2D eigenvalue weighted by molar-refractivity contribution is 5.58. The van der Waals surface area contributed by atoms with E-state index in [1.54, 1.807) is 11.1 Å². The Kier molecular flexibility index (Phi) is 3.06. The Morgan fingerprint density at radius 2 is 2.06 bits per heavy atom. The van der Waals surface area contributed by atoms with Gasteiger partial charge in [-0.2, -0.15) is 0 Å². The number of anilines is 1. The van der Waals surface area contributed by atoms with Gasteiger partial charge in [-0.25, -0.2) is 0 Å². The molecule has 3 rings (SSSR count). The van der Waals surface area contributed by atoms with Gasteiger partial charge in [0.15, 0.2) is 0 Å². The Balaban J connectivity index is 1.98. The fourth-order valence-electron chi connectivity index (χ4n) is 3.23. The molecule has 17 heavy (non-hydrogen) atoms. The Bertz CT molecular complexity index is 406. The van der Waals surface area contributed by atoms with Crippen LogP contribution in [0.15, 0.2) is 12.1 Å². The van der Waals surface area contributed by atoms with E-state index in [-0.39, 0.29) is 0 Å². The zero-order valence-electron chi connectivity index (χ0n) is 10.7. The van der Waals surface area contributed by atoms with Gasteiger partial charge in [0.25, 0.3) is 0 Å². The normalized spacial score (nSPS) is 22.8. The summed E-state index contributed by atoms with van der Waals surface area (Å²) < 4.78 is 0. The van der Waals surface area contributed by atoms with Crippen molar-refractivity contribution in [3.05, 3.63) is 28.8 Å². The molecule has 0 unspecified atom stereocenters. The van der Waals surface area contributed by atoms with Gasteiger partial charge in [0.05, 0.1) is 0 Å². The third kappa shape index (κ3) is 2.06. The fraction of sp³-hybridized carbons (Fsp3) is 0.600. The van der Waals surface area contributed by atoms with E-state index in [1.165, 1.54) is 49.9 Å². The highest BCUT2D eigenvalue weighted by Gasteiger charge is 2.22. The monoisotopic (exact) mass is 230 g/mol. The zero-order valence-corrected chi connectivity index (χ0v) is 10.7. The summed E-state index contributed by atoms with van der Waals surface area (Å²) in [6.07, 6.45) is 6.49. The van der Waals surface area contributed by atoms with Crippen molar-refractivity contribution >= 4 is 5.69 Å². The van der Waals surface area contributed by atoms with E-state index in [1.807, 2.05) is 0 Å². The van der Waals surface area contributed by atoms with Gasteiger partial charge in [-0.15, -0.1) is 0 Å². The molecule has 0 radical (unpaired) electrons. The second-order valence-electron chi connectivity index (χ2n) is 5.24. The second-order valence-corrected chi connectivity index (χ2v) is 5.24. The molecule has 1 fully saturated rings. The lowest BCUT2D eigenvalue weighted by Gasteiger charge is -2.18. The molecular formula is C15H22N2. The molecule has 1 atom stereocenters. The molecule has 0 aromatic heterocycles. The predicted octanol–water partition coefficient (Wildman–Crippen LogP) is 3.03. The molecule has 2 aliphatic rings. The highest BCUT2D eigenvalue weighted by Crippen LogP contribution is 2.34. The van der Waals surface area contributed by atoms with Crippen LogP contribution in [0.5, 0.6) is 0 Å². The van der Waals surface area contributed by atoms with Crippen LogP contribution in [-0.2, 0) is 12.8 Å². The minimum Gasteiger partial charge on any atom is -0.385 e. The lowest BCUT2D eigenvalue weighted by molar-refractivity contribution is 0.648. The predicted molar refractivity (Wildman–Crippen MR) is 72.6 cm³/mol. The van der Waals surface area contributed by atoms with E-state index in [0.29, 0.717) is 6.04 Å². The van der Waals surface area contributed by atoms with Crippen molar-refractivity contribution in [1.82, 2.24) is 5.32 Å². The van der Waals surface area contributed by atoms with Crippen LogP contribution >= 0.6 is 0 Å². The first-order chi connectivity index (χ1) is 8.38. The number of rotatable bonds is 3. The summed E-state index contributed by atoms with van der Waals surface area (Å²) in [4.78, 5) is 0. The molecule has 2 N–H and O–H groups in total. The minimum atomic E-state index is 0.579. The Morgan fingerprint density at radius 1 is 1.24 bits per heavy atom. The number of aryl methyl sites for hydroxylation is 2. The first-order valence-corrected chi connectivity index (χ1v) is 7.01. The first-order valence-electron chi connectivity index (χ1n) is 7.01. The van der Waals surface area contributed by atoms with Crippen LogP contribution in [0.4, 0.5) is 5.69 Å². The summed E-state index contributed by atoms with van der Waals surface area (Å²) in [6, 6.07) is 5.44. The van der Waals surface area contributed by atoms with Gasteiger partial charge < -0.3 is 10.6 Å². The number of hydrogen-bond donors (Lipinski definition) is 2. The van der Waals surface area contributed by atoms with Gasteiger partial charge in [-0.3, -0.25) is 0 Å². The smallest absolute Gasteiger partial charge is 0.0391 e. The molecule has 1 aliphatic carbocycles. The molecule has 0 amide bonds. The fourth-order valence-corrected chi connectivity index (χ4v) is 3.23. The summed E-state index contributed by atoms with van der Waals surface area (Å²) in [5.74, 6) is 0. The number of nitrogens with one attached hydrogen (secondary N) is 2. The summed E-state index contributed by atoms with van der Waals surface area (Å²) >= 11 is 0. The van der Waals surface area contributed by atoms with Gasteiger partial charge in [0.2, 0.25) is 0 Å². The van der Waals surface area contributed by atoms with E-state index in [4.69, 9.17) is 0 Å². The minimum absolute atomic E-state index is 0.579. The van der Waals surface area contributed by atoms with Gasteiger partial charge >= 0.3 is 0 Å². The van der Waals surface area contributed by atoms with Crippen LogP contribution in [0, 0.1) is 0 Å². The Morgan fingerprint density at radius 3 is 2.76 bits per heavy atom. The summed E-state index contributed by atoms with van der Waals surface area (Å²) in [5.41, 5.74) is 6.04. The van der Waals surface area contributed by atoms with Crippen LogP contribution in [-0.4, -0.2) is 13.1 Å². The summed E-state index contributed by atoms with van der Waals surface area (Å²) in [6.45, 7) is 4.37. The van der Waals surface area contributed by atoms with Crippen molar-refractivity contribution < 1.29 is 0 Å². The maximum atomic E-state index is 3.62. The highest BCUT2D eigenvalue weighted by atomic mass is 15.0. The molecule has 0 bridgehead atoms. The first kappa shape index (κ1) is 11.1. The molecule has 1 saturated heterocycles. The average molecular weight is 230 g/mol. The largest absolute Gasteiger partial charge is 0.385 e. The van der Waals surface area contributed by atoms with Crippen LogP contribution in [0.3, 0.4) is 0 Å². The van der Waals surface area contributed by atoms with Crippen LogP contribution in [0.1, 0.15) is 48.9 Å². The van der Waals surface area contributed by atoms with E-state index >= 15 is 0 Å². The molecular weight excluding hydrogens is 208 g/mol. The van der Waals surface area contributed by atoms with Crippen LogP contribution < -0.4 is 10.6 Å². The van der Waals surface area contributed by atoms with E-state index < -0.39 is 0 Å². The van der Waals surface area contributed by atoms with E-state index in [2.05, 4.69) is 29.7 Å². The summed E-state index contributed by atoms with van der Waals surface area (Å²) in [5, 5.41) is 7.17. The van der Waals surface area contributed by atoms with Crippen molar-refractivity contribution in [2.24, 2.45) is 0 Å².